The highest BCUT2D eigenvalue weighted by atomic mass is 79.9. The minimum atomic E-state index is -0.604. The number of halogens is 1. The van der Waals surface area contributed by atoms with Gasteiger partial charge in [0.05, 0.1) is 10.5 Å². The third-order valence-electron chi connectivity index (χ3n) is 3.45. The zero-order valence-corrected chi connectivity index (χ0v) is 13.8. The van der Waals surface area contributed by atoms with E-state index >= 15 is 0 Å². The summed E-state index contributed by atoms with van der Waals surface area (Å²) in [7, 11) is 0. The van der Waals surface area contributed by atoms with Gasteiger partial charge in [-0.3, -0.25) is 4.79 Å². The summed E-state index contributed by atoms with van der Waals surface area (Å²) < 4.78 is 0.982. The van der Waals surface area contributed by atoms with Crippen LogP contribution in [0.5, 0.6) is 0 Å². The van der Waals surface area contributed by atoms with Gasteiger partial charge in [-0.15, -0.1) is 0 Å². The van der Waals surface area contributed by atoms with Gasteiger partial charge in [0.1, 0.15) is 0 Å². The van der Waals surface area contributed by atoms with Gasteiger partial charge in [-0.25, -0.2) is 0 Å². The molecule has 3 N–H and O–H groups in total. The molecule has 0 aliphatic heterocycles. The fraction of sp³-hybridized carbons (Fsp3) is 0.429. The van der Waals surface area contributed by atoms with Gasteiger partial charge < -0.3 is 11.1 Å². The number of nitrogens with one attached hydrogen (secondary N) is 1. The van der Waals surface area contributed by atoms with E-state index in [9.17, 15) is 4.79 Å². The smallest absolute Gasteiger partial charge is 0.252 e. The molecule has 0 unspecified atom stereocenters. The Kier molecular flexibility index (Phi) is 5.50. The molecule has 0 heterocycles. The quantitative estimate of drug-likeness (QED) is 0.807. The Hall–Kier alpha value is -0.940. The van der Waals surface area contributed by atoms with Crippen molar-refractivity contribution in [2.24, 2.45) is 5.73 Å². The van der Waals surface area contributed by atoms with Crippen molar-refractivity contribution in [1.29, 1.82) is 0 Å². The summed E-state index contributed by atoms with van der Waals surface area (Å²) in [4.78, 5) is 12.6. The lowest BCUT2D eigenvalue weighted by Gasteiger charge is -2.31. The Morgan fingerprint density at radius 1 is 1.42 bits per heavy atom. The Morgan fingerprint density at radius 2 is 2.00 bits per heavy atom. The van der Waals surface area contributed by atoms with Crippen molar-refractivity contribution in [3.63, 3.8) is 0 Å². The number of hydrogen-bond donors (Lipinski definition) is 2. The molecule has 0 radical (unpaired) electrons. The molecule has 0 saturated heterocycles. The molecule has 0 aromatic heterocycles. The molecule has 0 fully saturated rings. The average molecular weight is 343 g/mol. The van der Waals surface area contributed by atoms with Crippen LogP contribution in [0.2, 0.25) is 0 Å². The molecule has 0 aliphatic carbocycles. The van der Waals surface area contributed by atoms with Crippen molar-refractivity contribution in [3.8, 4) is 0 Å². The van der Waals surface area contributed by atoms with E-state index in [2.05, 4.69) is 21.2 Å². The maximum absolute atomic E-state index is 12.3. The summed E-state index contributed by atoms with van der Waals surface area (Å²) in [6, 6.07) is 5.49. The normalized spacial score (nSPS) is 11.2. The summed E-state index contributed by atoms with van der Waals surface area (Å²) in [5, 5.41) is 2.97. The van der Waals surface area contributed by atoms with Crippen LogP contribution in [-0.4, -0.2) is 16.4 Å². The third-order valence-corrected chi connectivity index (χ3v) is 4.73. The highest BCUT2D eigenvalue weighted by Crippen LogP contribution is 2.20. The number of amides is 1. The summed E-state index contributed by atoms with van der Waals surface area (Å²) >= 11 is 8.52. The van der Waals surface area contributed by atoms with Gasteiger partial charge in [0.15, 0.2) is 0 Å². The summed E-state index contributed by atoms with van der Waals surface area (Å²) in [5.74, 6) is -0.146. The van der Waals surface area contributed by atoms with Gasteiger partial charge in [0.2, 0.25) is 0 Å². The van der Waals surface area contributed by atoms with Crippen molar-refractivity contribution >= 4 is 39.0 Å². The zero-order valence-electron chi connectivity index (χ0n) is 11.4. The topological polar surface area (TPSA) is 55.1 Å². The van der Waals surface area contributed by atoms with Crippen LogP contribution in [0.25, 0.3) is 0 Å². The molecule has 1 aromatic rings. The predicted octanol–water partition coefficient (Wildman–Crippen LogP) is 3.33. The third kappa shape index (κ3) is 3.54. The van der Waals surface area contributed by atoms with Gasteiger partial charge in [-0.2, -0.15) is 0 Å². The molecular formula is C14H19BrN2OS. The van der Waals surface area contributed by atoms with E-state index in [4.69, 9.17) is 18.0 Å². The minimum Gasteiger partial charge on any atom is -0.391 e. The lowest BCUT2D eigenvalue weighted by Crippen LogP contribution is -2.55. The molecule has 0 spiro atoms. The summed E-state index contributed by atoms with van der Waals surface area (Å²) in [5.41, 5.74) is 6.81. The van der Waals surface area contributed by atoms with E-state index in [0.29, 0.717) is 23.4 Å². The first-order chi connectivity index (χ1) is 8.86. The van der Waals surface area contributed by atoms with E-state index in [0.717, 1.165) is 10.0 Å². The van der Waals surface area contributed by atoms with Crippen molar-refractivity contribution in [3.05, 3.63) is 33.8 Å². The second kappa shape index (κ2) is 6.48. The van der Waals surface area contributed by atoms with Gasteiger partial charge in [0.25, 0.3) is 5.91 Å². The van der Waals surface area contributed by atoms with Crippen LogP contribution in [0.1, 0.15) is 42.6 Å². The molecular weight excluding hydrogens is 324 g/mol. The van der Waals surface area contributed by atoms with E-state index in [1.807, 2.05) is 32.9 Å². The van der Waals surface area contributed by atoms with Crippen LogP contribution in [0.4, 0.5) is 0 Å². The number of carbonyl (C=O) groups excluding carboxylic acids is 1. The molecule has 0 bridgehead atoms. The van der Waals surface area contributed by atoms with Gasteiger partial charge >= 0.3 is 0 Å². The molecule has 1 aromatic carbocycles. The fourth-order valence-electron chi connectivity index (χ4n) is 1.91. The number of carbonyl (C=O) groups is 1. The predicted molar refractivity (Wildman–Crippen MR) is 86.4 cm³/mol. The molecule has 0 aliphatic rings. The first kappa shape index (κ1) is 16.1. The van der Waals surface area contributed by atoms with E-state index in [-0.39, 0.29) is 5.91 Å². The molecule has 1 rings (SSSR count). The van der Waals surface area contributed by atoms with Crippen LogP contribution in [0, 0.1) is 6.92 Å². The fourth-order valence-corrected chi connectivity index (χ4v) is 2.50. The van der Waals surface area contributed by atoms with Crippen molar-refractivity contribution < 1.29 is 4.79 Å². The Morgan fingerprint density at radius 3 is 2.42 bits per heavy atom. The van der Waals surface area contributed by atoms with E-state index < -0.39 is 5.54 Å². The monoisotopic (exact) mass is 342 g/mol. The molecule has 104 valence electrons. The van der Waals surface area contributed by atoms with Crippen LogP contribution in [0.15, 0.2) is 22.7 Å². The van der Waals surface area contributed by atoms with E-state index in [1.165, 1.54) is 0 Å². The number of hydrogen-bond acceptors (Lipinski definition) is 2. The highest BCUT2D eigenvalue weighted by molar-refractivity contribution is 9.10. The molecule has 19 heavy (non-hydrogen) atoms. The molecule has 0 atom stereocenters. The number of rotatable bonds is 5. The minimum absolute atomic E-state index is 0.146. The maximum atomic E-state index is 12.3. The highest BCUT2D eigenvalue weighted by Gasteiger charge is 2.31. The number of nitrogens with two attached hydrogens (primary N) is 1. The van der Waals surface area contributed by atoms with Crippen LogP contribution < -0.4 is 11.1 Å². The largest absolute Gasteiger partial charge is 0.391 e. The summed E-state index contributed by atoms with van der Waals surface area (Å²) in [6.45, 7) is 5.88. The first-order valence-corrected chi connectivity index (χ1v) is 7.45. The van der Waals surface area contributed by atoms with E-state index in [1.54, 1.807) is 6.07 Å². The van der Waals surface area contributed by atoms with Gasteiger partial charge in [-0.05, 0) is 43.5 Å². The Bertz CT molecular complexity index is 498. The van der Waals surface area contributed by atoms with Crippen molar-refractivity contribution in [2.75, 3.05) is 0 Å². The first-order valence-electron chi connectivity index (χ1n) is 6.25. The standard InChI is InChI=1S/C14H19BrN2OS/c1-4-14(5-2,13(16)19)17-12(18)10-6-7-11(15)9(3)8-10/h6-8H,4-5H2,1-3H3,(H2,16,19)(H,17,18). The second-order valence-corrected chi connectivity index (χ2v) is 5.87. The lowest BCUT2D eigenvalue weighted by atomic mass is 9.92. The maximum Gasteiger partial charge on any atom is 0.252 e. The van der Waals surface area contributed by atoms with Gasteiger partial charge in [-0.1, -0.05) is 42.0 Å². The SMILES string of the molecule is CCC(CC)(NC(=O)c1ccc(Br)c(C)c1)C(N)=S. The molecule has 1 amide bonds. The Labute approximate surface area is 128 Å². The van der Waals surface area contributed by atoms with Gasteiger partial charge in [0, 0.05) is 10.0 Å². The van der Waals surface area contributed by atoms with Crippen LogP contribution >= 0.6 is 28.1 Å². The van der Waals surface area contributed by atoms with Crippen molar-refractivity contribution in [1.82, 2.24) is 5.32 Å². The number of benzene rings is 1. The lowest BCUT2D eigenvalue weighted by molar-refractivity contribution is 0.0919. The number of thiocarbonyl (C=S) groups is 1. The average Bonchev–Trinajstić information content (AvgIpc) is 2.38. The number of aryl methyl sites for hydroxylation is 1. The van der Waals surface area contributed by atoms with Crippen LogP contribution in [-0.2, 0) is 0 Å². The second-order valence-electron chi connectivity index (χ2n) is 4.57. The zero-order chi connectivity index (χ0) is 14.6. The van der Waals surface area contributed by atoms with Crippen LogP contribution in [0.3, 0.4) is 0 Å². The Balaban J connectivity index is 3.00. The molecule has 0 saturated carbocycles. The van der Waals surface area contributed by atoms with Crippen molar-refractivity contribution in [2.45, 2.75) is 39.2 Å². The summed E-state index contributed by atoms with van der Waals surface area (Å²) in [6.07, 6.45) is 1.36. The molecule has 3 nitrogen and oxygen atoms in total. The molecule has 5 heteroatoms.